The molecule has 0 saturated carbocycles. The van der Waals surface area contributed by atoms with E-state index in [2.05, 4.69) is 5.18 Å². The van der Waals surface area contributed by atoms with Gasteiger partial charge in [-0.25, -0.2) is 0 Å². The Bertz CT molecular complexity index is 274. The van der Waals surface area contributed by atoms with Crippen LogP contribution < -0.4 is 0 Å². The molecule has 0 fully saturated rings. The molecule has 12 heavy (non-hydrogen) atoms. The number of rotatable bonds is 2. The highest BCUT2D eigenvalue weighted by atomic mass is 16.3. The van der Waals surface area contributed by atoms with Crippen molar-refractivity contribution in [2.75, 3.05) is 0 Å². The minimum Gasteiger partial charge on any atom is -0.264 e. The molecule has 3 heteroatoms. The van der Waals surface area contributed by atoms with Gasteiger partial charge in [0, 0.05) is 11.3 Å². The van der Waals surface area contributed by atoms with Crippen LogP contribution in [0.2, 0.25) is 0 Å². The second-order valence-corrected chi connectivity index (χ2v) is 2.45. The molecule has 1 aliphatic carbocycles. The highest BCUT2D eigenvalue weighted by Gasteiger charge is 1.94. The van der Waals surface area contributed by atoms with Gasteiger partial charge in [0.1, 0.15) is 0 Å². The lowest BCUT2D eigenvalue weighted by molar-refractivity contribution is -0.113. The number of carbonyl (C=O) groups is 1. The summed E-state index contributed by atoms with van der Waals surface area (Å²) in [6, 6.07) is 0. The molecule has 0 aromatic rings. The lowest BCUT2D eigenvalue weighted by Crippen LogP contribution is -1.85. The van der Waals surface area contributed by atoms with Crippen LogP contribution in [0.15, 0.2) is 41.1 Å². The molecule has 0 aromatic carbocycles. The van der Waals surface area contributed by atoms with Gasteiger partial charge >= 0.3 is 5.91 Å². The number of hydrogen-bond donors (Lipinski definition) is 0. The number of amides is 1. The van der Waals surface area contributed by atoms with Crippen molar-refractivity contribution in [3.63, 3.8) is 0 Å². The van der Waals surface area contributed by atoms with Crippen molar-refractivity contribution in [2.45, 2.75) is 12.8 Å². The van der Waals surface area contributed by atoms with E-state index in [4.69, 9.17) is 0 Å². The molecule has 62 valence electrons. The third kappa shape index (κ3) is 2.62. The Morgan fingerprint density at radius 2 is 2.33 bits per heavy atom. The molecule has 0 aliphatic heterocycles. The van der Waals surface area contributed by atoms with Crippen LogP contribution in [0.4, 0.5) is 0 Å². The molecule has 0 heterocycles. The maximum atomic E-state index is 10.4. The van der Waals surface area contributed by atoms with Gasteiger partial charge in [-0.2, -0.15) is 0 Å². The Labute approximate surface area is 70.4 Å². The molecule has 1 rings (SSSR count). The van der Waals surface area contributed by atoms with Crippen molar-refractivity contribution >= 4 is 5.91 Å². The predicted octanol–water partition coefficient (Wildman–Crippen LogP) is 2.11. The maximum Gasteiger partial charge on any atom is 0.309 e. The third-order valence-electron chi connectivity index (χ3n) is 1.53. The SMILES string of the molecule is O=NC(=O)/C=C/C1=CCCC=C1. The van der Waals surface area contributed by atoms with Gasteiger partial charge < -0.3 is 0 Å². The van der Waals surface area contributed by atoms with E-state index in [0.717, 1.165) is 18.4 Å². The molecule has 0 aromatic heterocycles. The number of carbonyl (C=O) groups excluding carboxylic acids is 1. The summed E-state index contributed by atoms with van der Waals surface area (Å²) in [5.41, 5.74) is 0.957. The van der Waals surface area contributed by atoms with Crippen molar-refractivity contribution in [3.05, 3.63) is 40.9 Å². The highest BCUT2D eigenvalue weighted by molar-refractivity contribution is 5.88. The summed E-state index contributed by atoms with van der Waals surface area (Å²) in [7, 11) is 0. The summed E-state index contributed by atoms with van der Waals surface area (Å²) in [6.07, 6.45) is 10.7. The van der Waals surface area contributed by atoms with E-state index in [1.807, 2.05) is 18.2 Å². The largest absolute Gasteiger partial charge is 0.309 e. The van der Waals surface area contributed by atoms with Crippen molar-refractivity contribution in [3.8, 4) is 0 Å². The first kappa shape index (κ1) is 8.59. The molecule has 0 spiro atoms. The van der Waals surface area contributed by atoms with Crippen LogP contribution >= 0.6 is 0 Å². The first-order valence-electron chi connectivity index (χ1n) is 3.75. The van der Waals surface area contributed by atoms with Crippen LogP contribution in [-0.4, -0.2) is 5.91 Å². The second-order valence-electron chi connectivity index (χ2n) is 2.45. The van der Waals surface area contributed by atoms with Gasteiger partial charge in [0.2, 0.25) is 0 Å². The summed E-state index contributed by atoms with van der Waals surface area (Å²) in [4.78, 5) is 20.1. The van der Waals surface area contributed by atoms with E-state index in [-0.39, 0.29) is 0 Å². The van der Waals surface area contributed by atoms with E-state index in [9.17, 15) is 9.70 Å². The van der Waals surface area contributed by atoms with E-state index in [1.54, 1.807) is 6.08 Å². The Morgan fingerprint density at radius 1 is 1.50 bits per heavy atom. The number of hydrogen-bond acceptors (Lipinski definition) is 2. The average molecular weight is 163 g/mol. The number of nitrogens with zero attached hydrogens (tertiary/aromatic N) is 1. The zero-order valence-electron chi connectivity index (χ0n) is 6.56. The number of allylic oxidation sites excluding steroid dienone is 5. The summed E-state index contributed by atoms with van der Waals surface area (Å²) < 4.78 is 0. The van der Waals surface area contributed by atoms with Crippen molar-refractivity contribution in [1.82, 2.24) is 0 Å². The second kappa shape index (κ2) is 4.38. The smallest absolute Gasteiger partial charge is 0.264 e. The Kier molecular flexibility index (Phi) is 3.14. The van der Waals surface area contributed by atoms with Gasteiger partial charge in [0.25, 0.3) is 0 Å². The zero-order valence-corrected chi connectivity index (χ0v) is 6.56. The van der Waals surface area contributed by atoms with Crippen LogP contribution in [0.3, 0.4) is 0 Å². The minimum atomic E-state index is -0.741. The van der Waals surface area contributed by atoms with E-state index < -0.39 is 5.91 Å². The van der Waals surface area contributed by atoms with Gasteiger partial charge in [-0.15, -0.1) is 4.91 Å². The van der Waals surface area contributed by atoms with Gasteiger partial charge in [0.05, 0.1) is 0 Å². The van der Waals surface area contributed by atoms with Gasteiger partial charge in [-0.05, 0) is 24.5 Å². The maximum absolute atomic E-state index is 10.4. The zero-order chi connectivity index (χ0) is 8.81. The fraction of sp³-hybridized carbons (Fsp3) is 0.222. The Morgan fingerprint density at radius 3 is 2.92 bits per heavy atom. The van der Waals surface area contributed by atoms with Crippen LogP contribution in [0.1, 0.15) is 12.8 Å². The molecule has 0 bridgehead atoms. The quantitative estimate of drug-likeness (QED) is 0.462. The lowest BCUT2D eigenvalue weighted by Gasteiger charge is -1.99. The monoisotopic (exact) mass is 163 g/mol. The normalized spacial score (nSPS) is 16.2. The predicted molar refractivity (Wildman–Crippen MR) is 46.4 cm³/mol. The first-order chi connectivity index (χ1) is 5.83. The molecule has 0 saturated heterocycles. The minimum absolute atomic E-state index is 0.741. The van der Waals surface area contributed by atoms with Crippen LogP contribution in [-0.2, 0) is 4.79 Å². The topological polar surface area (TPSA) is 46.5 Å². The average Bonchev–Trinajstić information content (AvgIpc) is 2.16. The highest BCUT2D eigenvalue weighted by Crippen LogP contribution is 2.10. The number of nitroso groups, excluding NO2 is 1. The summed E-state index contributed by atoms with van der Waals surface area (Å²) in [5.74, 6) is -0.741. The van der Waals surface area contributed by atoms with Gasteiger partial charge in [-0.3, -0.25) is 4.79 Å². The Hall–Kier alpha value is -1.51. The first-order valence-corrected chi connectivity index (χ1v) is 3.75. The molecule has 0 atom stereocenters. The molecule has 0 unspecified atom stereocenters. The van der Waals surface area contributed by atoms with Crippen molar-refractivity contribution < 1.29 is 4.79 Å². The molecule has 1 amide bonds. The van der Waals surface area contributed by atoms with Gasteiger partial charge in [-0.1, -0.05) is 18.2 Å². The standard InChI is InChI=1S/C9H9NO2/c11-9(10-12)7-6-8-4-2-1-3-5-8/h2,4-7H,1,3H2/b7-6+. The van der Waals surface area contributed by atoms with E-state index >= 15 is 0 Å². The summed E-state index contributed by atoms with van der Waals surface area (Å²) >= 11 is 0. The summed E-state index contributed by atoms with van der Waals surface area (Å²) in [5, 5.41) is 2.25. The molecule has 0 N–H and O–H groups in total. The lowest BCUT2D eigenvalue weighted by atomic mass is 10.1. The van der Waals surface area contributed by atoms with Crippen molar-refractivity contribution in [2.24, 2.45) is 5.18 Å². The van der Waals surface area contributed by atoms with Crippen LogP contribution in [0.5, 0.6) is 0 Å². The third-order valence-corrected chi connectivity index (χ3v) is 1.53. The van der Waals surface area contributed by atoms with Crippen LogP contribution in [0, 0.1) is 4.91 Å². The molecule has 3 nitrogen and oxygen atoms in total. The van der Waals surface area contributed by atoms with Crippen LogP contribution in [0.25, 0.3) is 0 Å². The molecule has 0 radical (unpaired) electrons. The fourth-order valence-corrected chi connectivity index (χ4v) is 0.955. The molecular weight excluding hydrogens is 154 g/mol. The van der Waals surface area contributed by atoms with Crippen molar-refractivity contribution in [1.29, 1.82) is 0 Å². The molecular formula is C9H9NO2. The van der Waals surface area contributed by atoms with E-state index in [1.165, 1.54) is 6.08 Å². The van der Waals surface area contributed by atoms with Gasteiger partial charge in [0.15, 0.2) is 0 Å². The Balaban J connectivity index is 2.55. The molecule has 1 aliphatic rings. The fourth-order valence-electron chi connectivity index (χ4n) is 0.955. The summed E-state index contributed by atoms with van der Waals surface area (Å²) in [6.45, 7) is 0. The van der Waals surface area contributed by atoms with E-state index in [0.29, 0.717) is 0 Å².